The summed E-state index contributed by atoms with van der Waals surface area (Å²) in [7, 11) is 0. The number of piperidine rings is 1. The van der Waals surface area contributed by atoms with E-state index in [1.807, 2.05) is 25.7 Å². The summed E-state index contributed by atoms with van der Waals surface area (Å²) in [4.78, 5) is 14.1. The van der Waals surface area contributed by atoms with Crippen LogP contribution in [0.2, 0.25) is 0 Å². The van der Waals surface area contributed by atoms with Crippen LogP contribution in [0.3, 0.4) is 0 Å². The quantitative estimate of drug-likeness (QED) is 0.750. The van der Waals surface area contributed by atoms with Gasteiger partial charge in [-0.2, -0.15) is 0 Å². The van der Waals surface area contributed by atoms with Crippen LogP contribution in [0.4, 0.5) is 4.79 Å². The maximum Gasteiger partial charge on any atom is 0.458 e. The standard InChI is InChI=1S/C14H26NO3S/c1-10-8-12(6-7-19-17)11(2)15(9-10)13(16)18-14(3,4)5/h10-12H,6-9H2,1-5H3/q+1. The number of carbonyl (C=O) groups is 1. The summed E-state index contributed by atoms with van der Waals surface area (Å²) in [6, 6.07) is 0.151. The SMILES string of the molecule is CC1CC(CC[S+]=O)C(C)N(C(=O)OC(C)(C)C)C1. The van der Waals surface area contributed by atoms with E-state index in [-0.39, 0.29) is 12.1 Å². The van der Waals surface area contributed by atoms with Crippen LogP contribution in [-0.2, 0) is 20.6 Å². The average molecular weight is 288 g/mol. The molecule has 0 aliphatic carbocycles. The fourth-order valence-electron chi connectivity index (χ4n) is 2.66. The van der Waals surface area contributed by atoms with E-state index in [2.05, 4.69) is 13.8 Å². The number of hydrogen-bond acceptors (Lipinski definition) is 3. The van der Waals surface area contributed by atoms with Gasteiger partial charge in [0.25, 0.3) is 0 Å². The van der Waals surface area contributed by atoms with Crippen molar-refractivity contribution < 1.29 is 13.7 Å². The highest BCUT2D eigenvalue weighted by Crippen LogP contribution is 2.30. The lowest BCUT2D eigenvalue weighted by molar-refractivity contribution is -0.00526. The number of hydrogen-bond donors (Lipinski definition) is 0. The molecular formula is C14H26NO3S+. The molecule has 3 atom stereocenters. The molecule has 3 unspecified atom stereocenters. The molecule has 1 amide bonds. The molecule has 0 aromatic heterocycles. The topological polar surface area (TPSA) is 46.6 Å². The molecule has 19 heavy (non-hydrogen) atoms. The Morgan fingerprint density at radius 1 is 1.37 bits per heavy atom. The van der Waals surface area contributed by atoms with Gasteiger partial charge in [0.15, 0.2) is 0 Å². The molecule has 1 heterocycles. The van der Waals surface area contributed by atoms with Crippen molar-refractivity contribution in [2.75, 3.05) is 12.3 Å². The van der Waals surface area contributed by atoms with Gasteiger partial charge in [-0.25, -0.2) is 4.79 Å². The summed E-state index contributed by atoms with van der Waals surface area (Å²) in [5.74, 6) is 1.48. The third-order valence-corrected chi connectivity index (χ3v) is 3.99. The summed E-state index contributed by atoms with van der Waals surface area (Å²) < 4.78 is 16.0. The van der Waals surface area contributed by atoms with Gasteiger partial charge in [0.2, 0.25) is 5.75 Å². The monoisotopic (exact) mass is 288 g/mol. The van der Waals surface area contributed by atoms with E-state index in [1.165, 1.54) is 0 Å². The molecule has 0 radical (unpaired) electrons. The zero-order valence-corrected chi connectivity index (χ0v) is 13.5. The van der Waals surface area contributed by atoms with E-state index in [4.69, 9.17) is 4.74 Å². The number of rotatable bonds is 3. The van der Waals surface area contributed by atoms with E-state index in [0.717, 1.165) is 19.4 Å². The molecule has 0 N–H and O–H groups in total. The highest BCUT2D eigenvalue weighted by Gasteiger charge is 2.36. The van der Waals surface area contributed by atoms with Crippen molar-refractivity contribution >= 4 is 17.8 Å². The normalized spacial score (nSPS) is 28.1. The van der Waals surface area contributed by atoms with Crippen molar-refractivity contribution in [3.05, 3.63) is 0 Å². The first-order chi connectivity index (χ1) is 8.74. The number of nitrogens with zero attached hydrogens (tertiary/aromatic N) is 1. The average Bonchev–Trinajstić information content (AvgIpc) is 2.27. The largest absolute Gasteiger partial charge is 0.458 e. The Morgan fingerprint density at radius 2 is 2.00 bits per heavy atom. The Morgan fingerprint density at radius 3 is 2.53 bits per heavy atom. The van der Waals surface area contributed by atoms with E-state index < -0.39 is 5.60 Å². The van der Waals surface area contributed by atoms with Gasteiger partial charge < -0.3 is 9.64 Å². The molecule has 1 aliphatic heterocycles. The lowest BCUT2D eigenvalue weighted by Crippen LogP contribution is -2.51. The Balaban J connectivity index is 2.70. The van der Waals surface area contributed by atoms with Crippen molar-refractivity contribution in [3.8, 4) is 0 Å². The minimum atomic E-state index is -0.460. The van der Waals surface area contributed by atoms with E-state index in [0.29, 0.717) is 29.3 Å². The maximum atomic E-state index is 12.2. The summed E-state index contributed by atoms with van der Waals surface area (Å²) in [6.45, 7) is 10.6. The van der Waals surface area contributed by atoms with E-state index in [1.54, 1.807) is 0 Å². The molecule has 0 aromatic carbocycles. The van der Waals surface area contributed by atoms with Gasteiger partial charge in [-0.1, -0.05) is 6.92 Å². The predicted octanol–water partition coefficient (Wildman–Crippen LogP) is 3.09. The molecule has 110 valence electrons. The molecule has 0 bridgehead atoms. The number of likely N-dealkylation sites (tertiary alicyclic amines) is 1. The zero-order valence-electron chi connectivity index (χ0n) is 12.6. The third kappa shape index (κ3) is 5.05. The van der Waals surface area contributed by atoms with Crippen LogP contribution in [0.25, 0.3) is 0 Å². The lowest BCUT2D eigenvalue weighted by atomic mass is 9.83. The van der Waals surface area contributed by atoms with Gasteiger partial charge in [0.1, 0.15) is 5.60 Å². The highest BCUT2D eigenvalue weighted by atomic mass is 32.1. The van der Waals surface area contributed by atoms with Crippen molar-refractivity contribution in [1.82, 2.24) is 4.90 Å². The number of amides is 1. The van der Waals surface area contributed by atoms with Crippen molar-refractivity contribution in [2.45, 2.75) is 59.1 Å². The molecule has 1 aliphatic rings. The van der Waals surface area contributed by atoms with Crippen molar-refractivity contribution in [3.63, 3.8) is 0 Å². The maximum absolute atomic E-state index is 12.2. The van der Waals surface area contributed by atoms with E-state index >= 15 is 0 Å². The van der Waals surface area contributed by atoms with Crippen LogP contribution >= 0.6 is 0 Å². The second kappa shape index (κ2) is 6.64. The predicted molar refractivity (Wildman–Crippen MR) is 77.2 cm³/mol. The molecule has 0 saturated carbocycles. The number of ether oxygens (including phenoxy) is 1. The summed E-state index contributed by atoms with van der Waals surface area (Å²) >= 11 is 0.633. The molecular weight excluding hydrogens is 262 g/mol. The minimum Gasteiger partial charge on any atom is -0.444 e. The number of carbonyl (C=O) groups excluding carboxylic acids is 1. The summed E-state index contributed by atoms with van der Waals surface area (Å²) in [6.07, 6.45) is 1.73. The fourth-order valence-corrected chi connectivity index (χ4v) is 3.06. The molecule has 4 nitrogen and oxygen atoms in total. The second-order valence-corrected chi connectivity index (χ2v) is 7.23. The second-order valence-electron chi connectivity index (χ2n) is 6.58. The fraction of sp³-hybridized carbons (Fsp3) is 0.929. The van der Waals surface area contributed by atoms with Crippen LogP contribution < -0.4 is 0 Å². The molecule has 1 saturated heterocycles. The minimum absolute atomic E-state index is 0.151. The van der Waals surface area contributed by atoms with Gasteiger partial charge in [-0.15, -0.1) is 0 Å². The van der Waals surface area contributed by atoms with Crippen molar-refractivity contribution in [1.29, 1.82) is 0 Å². The summed E-state index contributed by atoms with van der Waals surface area (Å²) in [5.41, 5.74) is -0.460. The third-order valence-electron chi connectivity index (χ3n) is 3.59. The molecule has 0 aromatic rings. The molecule has 1 rings (SSSR count). The summed E-state index contributed by atoms with van der Waals surface area (Å²) in [5, 5.41) is 0. The van der Waals surface area contributed by atoms with Crippen LogP contribution in [-0.4, -0.2) is 34.9 Å². The zero-order chi connectivity index (χ0) is 14.6. The van der Waals surface area contributed by atoms with Crippen LogP contribution in [0.5, 0.6) is 0 Å². The first kappa shape index (κ1) is 16.3. The molecule has 5 heteroatoms. The van der Waals surface area contributed by atoms with Gasteiger partial charge in [0.05, 0.1) is 0 Å². The van der Waals surface area contributed by atoms with Gasteiger partial charge in [-0.3, -0.25) is 0 Å². The Bertz CT molecular complexity index is 327. The Hall–Kier alpha value is -0.710. The van der Waals surface area contributed by atoms with Gasteiger partial charge >= 0.3 is 17.8 Å². The first-order valence-corrected chi connectivity index (χ1v) is 7.90. The van der Waals surface area contributed by atoms with Crippen LogP contribution in [0, 0.1) is 11.8 Å². The first-order valence-electron chi connectivity index (χ1n) is 6.99. The Labute approximate surface area is 120 Å². The van der Waals surface area contributed by atoms with Crippen LogP contribution in [0.1, 0.15) is 47.5 Å². The van der Waals surface area contributed by atoms with Crippen LogP contribution in [0.15, 0.2) is 0 Å². The lowest BCUT2D eigenvalue weighted by Gasteiger charge is -2.42. The van der Waals surface area contributed by atoms with Gasteiger partial charge in [0, 0.05) is 23.2 Å². The smallest absolute Gasteiger partial charge is 0.444 e. The molecule has 0 spiro atoms. The van der Waals surface area contributed by atoms with E-state index in [9.17, 15) is 9.00 Å². The molecule has 1 fully saturated rings. The highest BCUT2D eigenvalue weighted by molar-refractivity contribution is 7.65. The van der Waals surface area contributed by atoms with Gasteiger partial charge in [-0.05, 0) is 46.0 Å². The Kier molecular flexibility index (Phi) is 5.71. The van der Waals surface area contributed by atoms with Crippen molar-refractivity contribution in [2.24, 2.45) is 11.8 Å².